The molecule has 0 atom stereocenters. The number of amides is 1. The number of carbonyl (C=O) groups is 1. The predicted octanol–water partition coefficient (Wildman–Crippen LogP) is 3.70. The zero-order chi connectivity index (χ0) is 13.3. The zero-order valence-corrected chi connectivity index (χ0v) is 12.0. The first-order valence-electron chi connectivity index (χ1n) is 5.60. The predicted molar refractivity (Wildman–Crippen MR) is 76.0 cm³/mol. The number of thiophene rings is 1. The third-order valence-electron chi connectivity index (χ3n) is 2.44. The fourth-order valence-corrected chi connectivity index (χ4v) is 3.08. The quantitative estimate of drug-likeness (QED) is 0.933. The Morgan fingerprint density at radius 1 is 1.44 bits per heavy atom. The van der Waals surface area contributed by atoms with Gasteiger partial charge in [0.15, 0.2) is 0 Å². The molecule has 0 fully saturated rings. The van der Waals surface area contributed by atoms with Crippen LogP contribution in [0.3, 0.4) is 0 Å². The maximum Gasteiger partial charge on any atom is 0.265 e. The Morgan fingerprint density at radius 2 is 2.17 bits per heavy atom. The second-order valence-corrected chi connectivity index (χ2v) is 5.72. The summed E-state index contributed by atoms with van der Waals surface area (Å²) >= 11 is 7.34. The summed E-state index contributed by atoms with van der Waals surface area (Å²) in [5, 5.41) is 4.44. The molecule has 1 heterocycles. The van der Waals surface area contributed by atoms with Crippen LogP contribution in [0.1, 0.15) is 23.5 Å². The Balaban J connectivity index is 2.53. The van der Waals surface area contributed by atoms with Gasteiger partial charge in [-0.25, -0.2) is 0 Å². The Morgan fingerprint density at radius 3 is 2.78 bits per heavy atom. The zero-order valence-electron chi connectivity index (χ0n) is 10.4. The van der Waals surface area contributed by atoms with E-state index in [0.717, 1.165) is 10.1 Å². The van der Waals surface area contributed by atoms with E-state index in [-0.39, 0.29) is 11.9 Å². The largest absolute Gasteiger partial charge is 0.494 e. The topological polar surface area (TPSA) is 38.3 Å². The molecule has 0 saturated heterocycles. The van der Waals surface area contributed by atoms with Crippen molar-refractivity contribution in [2.24, 2.45) is 0 Å². The lowest BCUT2D eigenvalue weighted by atomic mass is 10.2. The normalized spacial score (nSPS) is 10.9. The molecule has 2 rings (SSSR count). The molecule has 18 heavy (non-hydrogen) atoms. The van der Waals surface area contributed by atoms with Gasteiger partial charge in [-0.1, -0.05) is 11.6 Å². The van der Waals surface area contributed by atoms with Crippen molar-refractivity contribution in [2.45, 2.75) is 19.9 Å². The molecule has 0 aliphatic carbocycles. The SMILES string of the molecule is COc1c(C(=O)NC(C)C)sc2cc(Cl)ccc12. The van der Waals surface area contributed by atoms with Gasteiger partial charge < -0.3 is 10.1 Å². The fourth-order valence-electron chi connectivity index (χ4n) is 1.73. The highest BCUT2D eigenvalue weighted by Gasteiger charge is 2.19. The smallest absolute Gasteiger partial charge is 0.265 e. The lowest BCUT2D eigenvalue weighted by Gasteiger charge is -2.08. The molecule has 0 aliphatic rings. The fraction of sp³-hybridized carbons (Fsp3) is 0.308. The molecule has 0 saturated carbocycles. The molecule has 0 spiro atoms. The van der Waals surface area contributed by atoms with E-state index in [0.29, 0.717) is 15.6 Å². The molecular formula is C13H14ClNO2S. The number of nitrogens with one attached hydrogen (secondary N) is 1. The van der Waals surface area contributed by atoms with Gasteiger partial charge in [0.1, 0.15) is 10.6 Å². The average Bonchev–Trinajstić information content (AvgIpc) is 2.65. The Labute approximate surface area is 115 Å². The van der Waals surface area contributed by atoms with Crippen LogP contribution in [-0.2, 0) is 0 Å². The van der Waals surface area contributed by atoms with Gasteiger partial charge in [-0.05, 0) is 32.0 Å². The van der Waals surface area contributed by atoms with Crippen molar-refractivity contribution in [3.63, 3.8) is 0 Å². The average molecular weight is 284 g/mol. The van der Waals surface area contributed by atoms with Crippen molar-refractivity contribution in [3.8, 4) is 5.75 Å². The third-order valence-corrected chi connectivity index (χ3v) is 3.80. The second-order valence-electron chi connectivity index (χ2n) is 4.23. The van der Waals surface area contributed by atoms with E-state index in [1.807, 2.05) is 26.0 Å². The second kappa shape index (κ2) is 5.16. The maximum absolute atomic E-state index is 12.1. The molecule has 3 nitrogen and oxygen atoms in total. The van der Waals surface area contributed by atoms with Crippen molar-refractivity contribution in [1.29, 1.82) is 0 Å². The van der Waals surface area contributed by atoms with Gasteiger partial charge in [0.05, 0.1) is 7.11 Å². The first-order valence-corrected chi connectivity index (χ1v) is 6.79. The molecule has 0 unspecified atom stereocenters. The summed E-state index contributed by atoms with van der Waals surface area (Å²) in [6.45, 7) is 3.85. The lowest BCUT2D eigenvalue weighted by Crippen LogP contribution is -2.29. The maximum atomic E-state index is 12.1. The monoisotopic (exact) mass is 283 g/mol. The molecule has 0 aliphatic heterocycles. The van der Waals surface area contributed by atoms with E-state index in [1.54, 1.807) is 13.2 Å². The summed E-state index contributed by atoms with van der Waals surface area (Å²) in [4.78, 5) is 12.7. The molecule has 5 heteroatoms. The van der Waals surface area contributed by atoms with Crippen molar-refractivity contribution in [3.05, 3.63) is 28.1 Å². The summed E-state index contributed by atoms with van der Waals surface area (Å²) in [7, 11) is 1.57. The molecule has 1 amide bonds. The van der Waals surface area contributed by atoms with Crippen molar-refractivity contribution < 1.29 is 9.53 Å². The number of hydrogen-bond acceptors (Lipinski definition) is 3. The van der Waals surface area contributed by atoms with Crippen LogP contribution in [0.5, 0.6) is 5.75 Å². The number of benzene rings is 1. The van der Waals surface area contributed by atoms with Gasteiger partial charge in [-0.3, -0.25) is 4.79 Å². The van der Waals surface area contributed by atoms with Gasteiger partial charge in [0.25, 0.3) is 5.91 Å². The molecule has 1 N–H and O–H groups in total. The third kappa shape index (κ3) is 2.44. The Bertz CT molecular complexity index is 592. The van der Waals surface area contributed by atoms with Crippen LogP contribution in [0.4, 0.5) is 0 Å². The molecule has 0 radical (unpaired) electrons. The molecular weight excluding hydrogens is 270 g/mol. The first-order chi connectivity index (χ1) is 8.52. The molecule has 0 bridgehead atoms. The number of ether oxygens (including phenoxy) is 1. The molecule has 1 aromatic heterocycles. The molecule has 1 aromatic carbocycles. The summed E-state index contributed by atoms with van der Waals surface area (Å²) in [6, 6.07) is 5.61. The van der Waals surface area contributed by atoms with Crippen LogP contribution in [0.25, 0.3) is 10.1 Å². The van der Waals surface area contributed by atoms with E-state index < -0.39 is 0 Å². The van der Waals surface area contributed by atoms with E-state index in [4.69, 9.17) is 16.3 Å². The molecule has 2 aromatic rings. The number of halogens is 1. The Kier molecular flexibility index (Phi) is 3.78. The van der Waals surface area contributed by atoms with Crippen LogP contribution in [0.2, 0.25) is 5.02 Å². The minimum Gasteiger partial charge on any atom is -0.494 e. The van der Waals surface area contributed by atoms with Gasteiger partial charge in [0, 0.05) is 21.2 Å². The van der Waals surface area contributed by atoms with Crippen LogP contribution >= 0.6 is 22.9 Å². The minimum atomic E-state index is -0.112. The van der Waals surface area contributed by atoms with E-state index >= 15 is 0 Å². The lowest BCUT2D eigenvalue weighted by molar-refractivity contribution is 0.0944. The van der Waals surface area contributed by atoms with Gasteiger partial charge >= 0.3 is 0 Å². The standard InChI is InChI=1S/C13H14ClNO2S/c1-7(2)15-13(16)12-11(17-3)9-5-4-8(14)6-10(9)18-12/h4-7H,1-3H3,(H,15,16). The van der Waals surface area contributed by atoms with Crippen LogP contribution in [0.15, 0.2) is 18.2 Å². The molecule has 96 valence electrons. The highest BCUT2D eigenvalue weighted by Crippen LogP contribution is 2.38. The van der Waals surface area contributed by atoms with Crippen molar-refractivity contribution >= 4 is 38.9 Å². The van der Waals surface area contributed by atoms with Crippen molar-refractivity contribution in [1.82, 2.24) is 5.32 Å². The van der Waals surface area contributed by atoms with E-state index in [2.05, 4.69) is 5.32 Å². The highest BCUT2D eigenvalue weighted by atomic mass is 35.5. The number of rotatable bonds is 3. The van der Waals surface area contributed by atoms with Gasteiger partial charge in [-0.2, -0.15) is 0 Å². The number of methoxy groups -OCH3 is 1. The van der Waals surface area contributed by atoms with Crippen LogP contribution in [0, 0.1) is 0 Å². The summed E-state index contributed by atoms with van der Waals surface area (Å²) < 4.78 is 6.30. The summed E-state index contributed by atoms with van der Waals surface area (Å²) in [5.41, 5.74) is 0. The Hall–Kier alpha value is -1.26. The number of hydrogen-bond donors (Lipinski definition) is 1. The summed E-state index contributed by atoms with van der Waals surface area (Å²) in [6.07, 6.45) is 0. The van der Waals surface area contributed by atoms with Gasteiger partial charge in [0.2, 0.25) is 0 Å². The van der Waals surface area contributed by atoms with Crippen LogP contribution < -0.4 is 10.1 Å². The van der Waals surface area contributed by atoms with E-state index in [9.17, 15) is 4.79 Å². The van der Waals surface area contributed by atoms with E-state index in [1.165, 1.54) is 11.3 Å². The number of carbonyl (C=O) groups excluding carboxylic acids is 1. The summed E-state index contributed by atoms with van der Waals surface area (Å²) in [5.74, 6) is 0.504. The highest BCUT2D eigenvalue weighted by molar-refractivity contribution is 7.21. The van der Waals surface area contributed by atoms with Crippen molar-refractivity contribution in [2.75, 3.05) is 7.11 Å². The van der Waals surface area contributed by atoms with Gasteiger partial charge in [-0.15, -0.1) is 11.3 Å². The first kappa shape index (κ1) is 13.2. The minimum absolute atomic E-state index is 0.0935. The number of fused-ring (bicyclic) bond motifs is 1. The van der Waals surface area contributed by atoms with Crippen LogP contribution in [-0.4, -0.2) is 19.1 Å².